The lowest BCUT2D eigenvalue weighted by molar-refractivity contribution is -0.110. The summed E-state index contributed by atoms with van der Waals surface area (Å²) in [7, 11) is 0. The Balaban J connectivity index is 1.67. The lowest BCUT2D eigenvalue weighted by atomic mass is 9.91. The summed E-state index contributed by atoms with van der Waals surface area (Å²) in [5.41, 5.74) is 8.52. The molecular formula is C22H19N3O. The quantitative estimate of drug-likeness (QED) is 0.677. The van der Waals surface area contributed by atoms with Crippen LogP contribution in [0.2, 0.25) is 0 Å². The molecule has 26 heavy (non-hydrogen) atoms. The van der Waals surface area contributed by atoms with Crippen molar-refractivity contribution in [2.24, 2.45) is 0 Å². The van der Waals surface area contributed by atoms with Crippen molar-refractivity contribution in [2.75, 3.05) is 5.32 Å². The van der Waals surface area contributed by atoms with Crippen LogP contribution in [0.1, 0.15) is 35.2 Å². The van der Waals surface area contributed by atoms with E-state index >= 15 is 0 Å². The molecule has 0 saturated heterocycles. The molecule has 1 amide bonds. The van der Waals surface area contributed by atoms with Gasteiger partial charge in [0.15, 0.2) is 0 Å². The Labute approximate surface area is 152 Å². The molecule has 0 bridgehead atoms. The van der Waals surface area contributed by atoms with Gasteiger partial charge < -0.3 is 10.3 Å². The van der Waals surface area contributed by atoms with Crippen LogP contribution in [0, 0.1) is 0 Å². The zero-order chi connectivity index (χ0) is 17.5. The Morgan fingerprint density at radius 1 is 1.04 bits per heavy atom. The monoisotopic (exact) mass is 341 g/mol. The largest absolute Gasteiger partial charge is 0.361 e. The van der Waals surface area contributed by atoms with E-state index in [4.69, 9.17) is 0 Å². The fourth-order valence-corrected chi connectivity index (χ4v) is 4.08. The van der Waals surface area contributed by atoms with E-state index in [0.29, 0.717) is 0 Å². The van der Waals surface area contributed by atoms with Gasteiger partial charge in [-0.1, -0.05) is 12.1 Å². The second kappa shape index (κ2) is 5.99. The highest BCUT2D eigenvalue weighted by atomic mass is 16.2. The number of carbonyl (C=O) groups is 1. The van der Waals surface area contributed by atoms with Gasteiger partial charge in [0.2, 0.25) is 0 Å². The van der Waals surface area contributed by atoms with Crippen LogP contribution in [0.4, 0.5) is 5.69 Å². The summed E-state index contributed by atoms with van der Waals surface area (Å²) in [5.74, 6) is -0.0411. The Morgan fingerprint density at radius 3 is 2.77 bits per heavy atom. The first-order valence-corrected chi connectivity index (χ1v) is 9.07. The minimum atomic E-state index is -0.0411. The first kappa shape index (κ1) is 15.1. The van der Waals surface area contributed by atoms with Crippen LogP contribution >= 0.6 is 0 Å². The van der Waals surface area contributed by atoms with Crippen molar-refractivity contribution < 1.29 is 4.79 Å². The maximum atomic E-state index is 12.7. The number of amides is 1. The molecule has 1 aliphatic carbocycles. The second-order valence-corrected chi connectivity index (χ2v) is 6.89. The standard InChI is InChI=1S/C22H19N3O/c26-22-18(12-20-16-5-2-1-4-15(16)13-24-20)21-17(6-3-7-19(21)25-22)14-8-10-23-11-9-14/h3,6-13,24H,1-2,4-5H2,(H,25,26). The summed E-state index contributed by atoms with van der Waals surface area (Å²) in [6, 6.07) is 9.96. The summed E-state index contributed by atoms with van der Waals surface area (Å²) in [5, 5.41) is 3.01. The summed E-state index contributed by atoms with van der Waals surface area (Å²) in [4.78, 5) is 20.2. The van der Waals surface area contributed by atoms with Crippen LogP contribution in [0.15, 0.2) is 48.9 Å². The Kier molecular flexibility index (Phi) is 3.49. The molecule has 0 fully saturated rings. The van der Waals surface area contributed by atoms with Gasteiger partial charge in [0.1, 0.15) is 0 Å². The van der Waals surface area contributed by atoms with Gasteiger partial charge in [-0.3, -0.25) is 9.78 Å². The molecule has 0 saturated carbocycles. The number of nitrogens with zero attached hydrogens (tertiary/aromatic N) is 1. The summed E-state index contributed by atoms with van der Waals surface area (Å²) in [6.45, 7) is 0. The summed E-state index contributed by atoms with van der Waals surface area (Å²) < 4.78 is 0. The molecule has 4 heteroatoms. The number of carbonyl (C=O) groups excluding carboxylic acids is 1. The summed E-state index contributed by atoms with van der Waals surface area (Å²) in [6.07, 6.45) is 12.4. The minimum Gasteiger partial charge on any atom is -0.361 e. The molecule has 4 nitrogen and oxygen atoms in total. The normalized spacial score (nSPS) is 17.1. The maximum Gasteiger partial charge on any atom is 0.256 e. The number of H-pyrrole nitrogens is 1. The molecule has 0 atom stereocenters. The molecule has 3 heterocycles. The van der Waals surface area contributed by atoms with Crippen molar-refractivity contribution in [1.29, 1.82) is 0 Å². The van der Waals surface area contributed by atoms with Gasteiger partial charge in [-0.05, 0) is 72.2 Å². The second-order valence-electron chi connectivity index (χ2n) is 6.89. The fraction of sp³-hybridized carbons (Fsp3) is 0.182. The zero-order valence-electron chi connectivity index (χ0n) is 14.4. The van der Waals surface area contributed by atoms with Crippen LogP contribution < -0.4 is 5.32 Å². The van der Waals surface area contributed by atoms with Gasteiger partial charge in [-0.15, -0.1) is 0 Å². The van der Waals surface area contributed by atoms with Crippen molar-refractivity contribution in [3.8, 4) is 11.1 Å². The predicted molar refractivity (Wildman–Crippen MR) is 104 cm³/mol. The van der Waals surface area contributed by atoms with Gasteiger partial charge >= 0.3 is 0 Å². The smallest absolute Gasteiger partial charge is 0.256 e. The average Bonchev–Trinajstić information content (AvgIpc) is 3.24. The summed E-state index contributed by atoms with van der Waals surface area (Å²) >= 11 is 0. The van der Waals surface area contributed by atoms with E-state index in [1.807, 2.05) is 30.3 Å². The molecule has 128 valence electrons. The lowest BCUT2D eigenvalue weighted by Crippen LogP contribution is -2.04. The molecule has 0 radical (unpaired) electrons. The van der Waals surface area contributed by atoms with E-state index in [1.54, 1.807) is 12.4 Å². The van der Waals surface area contributed by atoms with Crippen LogP contribution in [0.5, 0.6) is 0 Å². The van der Waals surface area contributed by atoms with Crippen LogP contribution in [0.3, 0.4) is 0 Å². The van der Waals surface area contributed by atoms with Crippen molar-refractivity contribution >= 4 is 23.2 Å². The molecule has 3 aromatic rings. The molecular weight excluding hydrogens is 322 g/mol. The number of hydrogen-bond donors (Lipinski definition) is 2. The lowest BCUT2D eigenvalue weighted by Gasteiger charge is -2.12. The van der Waals surface area contributed by atoms with Gasteiger partial charge in [0, 0.05) is 35.5 Å². The van der Waals surface area contributed by atoms with Gasteiger partial charge in [0.05, 0.1) is 5.57 Å². The van der Waals surface area contributed by atoms with Gasteiger partial charge in [-0.25, -0.2) is 0 Å². The van der Waals surface area contributed by atoms with Crippen molar-refractivity contribution in [3.05, 3.63) is 71.3 Å². The average molecular weight is 341 g/mol. The molecule has 2 aromatic heterocycles. The van der Waals surface area contributed by atoms with Gasteiger partial charge in [-0.2, -0.15) is 0 Å². The number of rotatable bonds is 2. The van der Waals surface area contributed by atoms with Crippen LogP contribution in [0.25, 0.3) is 22.8 Å². The van der Waals surface area contributed by atoms with Crippen LogP contribution in [-0.4, -0.2) is 15.9 Å². The molecule has 2 aliphatic rings. The molecule has 1 aromatic carbocycles. The Morgan fingerprint density at radius 2 is 1.88 bits per heavy atom. The van der Waals surface area contributed by atoms with Crippen molar-refractivity contribution in [2.45, 2.75) is 25.7 Å². The fourth-order valence-electron chi connectivity index (χ4n) is 4.08. The number of aryl methyl sites for hydroxylation is 1. The maximum absolute atomic E-state index is 12.7. The number of benzene rings is 1. The third-order valence-electron chi connectivity index (χ3n) is 5.34. The third kappa shape index (κ3) is 2.37. The SMILES string of the molecule is O=C1Nc2cccc(-c3ccncc3)c2C1=Cc1[nH]cc2c1CCCC2. The van der Waals surface area contributed by atoms with E-state index in [9.17, 15) is 4.79 Å². The predicted octanol–water partition coefficient (Wildman–Crippen LogP) is 4.45. The topological polar surface area (TPSA) is 57.8 Å². The number of aromatic amines is 1. The number of nitrogens with one attached hydrogen (secondary N) is 2. The highest BCUT2D eigenvalue weighted by Gasteiger charge is 2.28. The number of pyridine rings is 1. The van der Waals surface area contributed by atoms with Crippen molar-refractivity contribution in [1.82, 2.24) is 9.97 Å². The number of hydrogen-bond acceptors (Lipinski definition) is 2. The molecule has 5 rings (SSSR count). The van der Waals surface area contributed by atoms with E-state index < -0.39 is 0 Å². The van der Waals surface area contributed by atoms with Crippen molar-refractivity contribution in [3.63, 3.8) is 0 Å². The zero-order valence-corrected chi connectivity index (χ0v) is 14.4. The first-order chi connectivity index (χ1) is 12.8. The highest BCUT2D eigenvalue weighted by Crippen LogP contribution is 2.40. The minimum absolute atomic E-state index is 0.0411. The van der Waals surface area contributed by atoms with Gasteiger partial charge in [0.25, 0.3) is 5.91 Å². The van der Waals surface area contributed by atoms with E-state index in [-0.39, 0.29) is 5.91 Å². The molecule has 2 N–H and O–H groups in total. The number of aromatic nitrogens is 2. The molecule has 0 unspecified atom stereocenters. The van der Waals surface area contributed by atoms with E-state index in [2.05, 4.69) is 27.5 Å². The van der Waals surface area contributed by atoms with E-state index in [1.165, 1.54) is 24.0 Å². The first-order valence-electron chi connectivity index (χ1n) is 9.07. The highest BCUT2D eigenvalue weighted by molar-refractivity contribution is 6.36. The Hall–Kier alpha value is -3.14. The third-order valence-corrected chi connectivity index (χ3v) is 5.34. The molecule has 0 spiro atoms. The van der Waals surface area contributed by atoms with Crippen LogP contribution in [-0.2, 0) is 17.6 Å². The molecule has 1 aliphatic heterocycles. The van der Waals surface area contributed by atoms with E-state index in [0.717, 1.165) is 46.5 Å². The Bertz CT molecular complexity index is 1030. The number of anilines is 1. The number of fused-ring (bicyclic) bond motifs is 2.